The lowest BCUT2D eigenvalue weighted by Gasteiger charge is -2.29. The molecule has 9 heteroatoms. The van der Waals surface area contributed by atoms with Gasteiger partial charge in [0.2, 0.25) is 0 Å². The molecule has 0 aliphatic carbocycles. The third-order valence-corrected chi connectivity index (χ3v) is 4.59. The van der Waals surface area contributed by atoms with Crippen LogP contribution in [0.1, 0.15) is 46.6 Å². The lowest BCUT2D eigenvalue weighted by Crippen LogP contribution is -2.46. The van der Waals surface area contributed by atoms with Crippen LogP contribution in [0.3, 0.4) is 0 Å². The fourth-order valence-corrected chi connectivity index (χ4v) is 3.22. The van der Waals surface area contributed by atoms with Crippen molar-refractivity contribution >= 4 is 18.2 Å². The summed E-state index contributed by atoms with van der Waals surface area (Å²) < 4.78 is 21.4. The maximum absolute atomic E-state index is 12.6. The Morgan fingerprint density at radius 2 is 1.87 bits per heavy atom. The Hall–Kier alpha value is -2.81. The highest BCUT2D eigenvalue weighted by molar-refractivity contribution is 5.81. The molecular formula is C22H32N2O7. The fourth-order valence-electron chi connectivity index (χ4n) is 3.22. The van der Waals surface area contributed by atoms with Crippen LogP contribution in [0, 0.1) is 0 Å². The number of methoxy groups -OCH3 is 1. The monoisotopic (exact) mass is 436 g/mol. The number of hydrogen-bond acceptors (Lipinski definition) is 7. The van der Waals surface area contributed by atoms with E-state index in [1.165, 1.54) is 12.0 Å². The van der Waals surface area contributed by atoms with Gasteiger partial charge in [0, 0.05) is 6.42 Å². The second-order valence-electron chi connectivity index (χ2n) is 8.80. The van der Waals surface area contributed by atoms with Gasteiger partial charge < -0.3 is 24.3 Å². The first-order valence-electron chi connectivity index (χ1n) is 10.1. The molecule has 0 aromatic heterocycles. The zero-order valence-corrected chi connectivity index (χ0v) is 19.0. The van der Waals surface area contributed by atoms with Gasteiger partial charge >= 0.3 is 18.2 Å². The van der Waals surface area contributed by atoms with Gasteiger partial charge in [0.15, 0.2) is 0 Å². The highest BCUT2D eigenvalue weighted by Gasteiger charge is 2.44. The molecule has 1 heterocycles. The van der Waals surface area contributed by atoms with Crippen LogP contribution >= 0.6 is 0 Å². The summed E-state index contributed by atoms with van der Waals surface area (Å²) in [7, 11) is 1.23. The number of alkyl carbamates (subject to hydrolysis) is 1. The number of nitrogens with zero attached hydrogens (tertiary/aromatic N) is 1. The van der Waals surface area contributed by atoms with Gasteiger partial charge in [-0.3, -0.25) is 4.90 Å². The van der Waals surface area contributed by atoms with Gasteiger partial charge in [-0.25, -0.2) is 14.4 Å². The number of nitrogens with one attached hydrogen (secondary N) is 1. The summed E-state index contributed by atoms with van der Waals surface area (Å²) in [5.41, 5.74) is -0.779. The molecule has 1 aliphatic heterocycles. The number of hydrogen-bond donors (Lipinski definition) is 1. The molecule has 1 aliphatic rings. The number of benzene rings is 1. The van der Waals surface area contributed by atoms with E-state index in [4.69, 9.17) is 18.9 Å². The number of esters is 1. The summed E-state index contributed by atoms with van der Waals surface area (Å²) in [5.74, 6) is -0.627. The van der Waals surface area contributed by atoms with E-state index in [9.17, 15) is 14.4 Å². The molecule has 0 saturated carbocycles. The number of rotatable bonds is 6. The molecule has 1 fully saturated rings. The van der Waals surface area contributed by atoms with E-state index in [1.54, 1.807) is 34.6 Å². The lowest BCUT2D eigenvalue weighted by atomic mass is 10.1. The van der Waals surface area contributed by atoms with E-state index in [0.717, 1.165) is 5.56 Å². The van der Waals surface area contributed by atoms with Crippen LogP contribution in [-0.4, -0.2) is 60.2 Å². The van der Waals surface area contributed by atoms with Crippen LogP contribution in [0.15, 0.2) is 30.3 Å². The SMILES string of the molecule is COC(=O)[C@H](C[C@@H]1CN(C(=O)OCc2ccccc2)C(C)(C)O1)NC(=O)OC(C)(C)C. The topological polar surface area (TPSA) is 103 Å². The molecule has 0 radical (unpaired) electrons. The van der Waals surface area contributed by atoms with Gasteiger partial charge in [-0.05, 0) is 40.2 Å². The van der Waals surface area contributed by atoms with Crippen molar-refractivity contribution in [1.82, 2.24) is 10.2 Å². The average molecular weight is 437 g/mol. The Morgan fingerprint density at radius 1 is 1.23 bits per heavy atom. The minimum atomic E-state index is -0.985. The van der Waals surface area contributed by atoms with Crippen molar-refractivity contribution < 1.29 is 33.3 Å². The number of amides is 2. The van der Waals surface area contributed by atoms with Crippen molar-refractivity contribution in [2.75, 3.05) is 13.7 Å². The van der Waals surface area contributed by atoms with Gasteiger partial charge in [-0.15, -0.1) is 0 Å². The number of carbonyl (C=O) groups excluding carboxylic acids is 3. The predicted molar refractivity (Wildman–Crippen MR) is 112 cm³/mol. The number of carbonyl (C=O) groups is 3. The van der Waals surface area contributed by atoms with Crippen LogP contribution in [0.5, 0.6) is 0 Å². The Kier molecular flexibility index (Phi) is 7.89. The van der Waals surface area contributed by atoms with E-state index in [0.29, 0.717) is 0 Å². The Labute approximate surface area is 183 Å². The summed E-state index contributed by atoms with van der Waals surface area (Å²) in [6, 6.07) is 8.37. The van der Waals surface area contributed by atoms with Gasteiger partial charge in [-0.1, -0.05) is 30.3 Å². The molecule has 9 nitrogen and oxygen atoms in total. The minimum Gasteiger partial charge on any atom is -0.467 e. The highest BCUT2D eigenvalue weighted by Crippen LogP contribution is 2.30. The van der Waals surface area contributed by atoms with Crippen LogP contribution in [0.4, 0.5) is 9.59 Å². The molecule has 172 valence electrons. The zero-order chi connectivity index (χ0) is 23.2. The van der Waals surface area contributed by atoms with E-state index in [2.05, 4.69) is 5.32 Å². The largest absolute Gasteiger partial charge is 0.467 e. The van der Waals surface area contributed by atoms with Gasteiger partial charge in [0.1, 0.15) is 24.0 Å². The van der Waals surface area contributed by atoms with Crippen molar-refractivity contribution in [1.29, 1.82) is 0 Å². The maximum Gasteiger partial charge on any atom is 0.412 e. The van der Waals surface area contributed by atoms with Crippen LogP contribution in [0.25, 0.3) is 0 Å². The summed E-state index contributed by atoms with van der Waals surface area (Å²) >= 11 is 0. The molecule has 1 saturated heterocycles. The summed E-state index contributed by atoms with van der Waals surface area (Å²) in [6.07, 6.45) is -1.67. The average Bonchev–Trinajstić information content (AvgIpc) is 2.98. The molecule has 0 unspecified atom stereocenters. The predicted octanol–water partition coefficient (Wildman–Crippen LogP) is 3.22. The summed E-state index contributed by atoms with van der Waals surface area (Å²) in [6.45, 7) is 8.99. The molecule has 31 heavy (non-hydrogen) atoms. The molecule has 1 aromatic carbocycles. The third-order valence-electron chi connectivity index (χ3n) is 4.59. The van der Waals surface area contributed by atoms with Crippen LogP contribution < -0.4 is 5.32 Å². The number of ether oxygens (including phenoxy) is 4. The van der Waals surface area contributed by atoms with Gasteiger partial charge in [0.25, 0.3) is 0 Å². The highest BCUT2D eigenvalue weighted by atomic mass is 16.6. The molecule has 1 N–H and O–H groups in total. The fraction of sp³-hybridized carbons (Fsp3) is 0.591. The standard InChI is InChI=1S/C22H32N2O7/c1-21(2,3)31-19(26)23-17(18(25)28-6)12-16-13-24(22(4,5)30-16)20(27)29-14-15-10-8-7-9-11-15/h7-11,16-17H,12-14H2,1-6H3,(H,23,26)/t16-,17+/m1/s1. The minimum absolute atomic E-state index is 0.109. The van der Waals surface area contributed by atoms with E-state index >= 15 is 0 Å². The normalized spacial score (nSPS) is 18.8. The lowest BCUT2D eigenvalue weighted by molar-refractivity contribution is -0.144. The molecule has 2 rings (SSSR count). The molecule has 0 spiro atoms. The van der Waals surface area contributed by atoms with E-state index in [-0.39, 0.29) is 19.6 Å². The Balaban J connectivity index is 1.99. The zero-order valence-electron chi connectivity index (χ0n) is 19.0. The van der Waals surface area contributed by atoms with Crippen molar-refractivity contribution in [2.24, 2.45) is 0 Å². The first kappa shape index (κ1) is 24.5. The maximum atomic E-state index is 12.6. The van der Waals surface area contributed by atoms with Crippen LogP contribution in [-0.2, 0) is 30.3 Å². The Bertz CT molecular complexity index is 774. The van der Waals surface area contributed by atoms with Crippen molar-refractivity contribution in [2.45, 2.75) is 71.1 Å². The first-order valence-corrected chi connectivity index (χ1v) is 10.1. The van der Waals surface area contributed by atoms with E-state index in [1.807, 2.05) is 30.3 Å². The third kappa shape index (κ3) is 7.43. The van der Waals surface area contributed by atoms with Crippen molar-refractivity contribution in [3.05, 3.63) is 35.9 Å². The van der Waals surface area contributed by atoms with Gasteiger partial charge in [-0.2, -0.15) is 0 Å². The van der Waals surface area contributed by atoms with Crippen LogP contribution in [0.2, 0.25) is 0 Å². The molecule has 0 bridgehead atoms. The molecule has 2 atom stereocenters. The summed E-state index contributed by atoms with van der Waals surface area (Å²) in [4.78, 5) is 38.4. The first-order chi connectivity index (χ1) is 14.4. The second kappa shape index (κ2) is 10.00. The molecule has 2 amide bonds. The van der Waals surface area contributed by atoms with Crippen molar-refractivity contribution in [3.8, 4) is 0 Å². The molecule has 1 aromatic rings. The molecular weight excluding hydrogens is 404 g/mol. The van der Waals surface area contributed by atoms with Gasteiger partial charge in [0.05, 0.1) is 19.8 Å². The van der Waals surface area contributed by atoms with E-state index < -0.39 is 41.6 Å². The van der Waals surface area contributed by atoms with Crippen molar-refractivity contribution in [3.63, 3.8) is 0 Å². The Morgan fingerprint density at radius 3 is 2.45 bits per heavy atom. The quantitative estimate of drug-likeness (QED) is 0.539. The summed E-state index contributed by atoms with van der Waals surface area (Å²) in [5, 5.41) is 2.52. The smallest absolute Gasteiger partial charge is 0.412 e. The second-order valence-corrected chi connectivity index (χ2v) is 8.80.